The molecule has 0 aliphatic carbocycles. The Morgan fingerprint density at radius 1 is 1.26 bits per heavy atom. The Balaban J connectivity index is 0.00000192. The monoisotopic (exact) mass is 491 g/mol. The second-order valence-electron chi connectivity index (χ2n) is 5.04. The molecule has 1 aromatic heterocycles. The van der Waals surface area contributed by atoms with Crippen molar-refractivity contribution in [1.29, 1.82) is 0 Å². The van der Waals surface area contributed by atoms with Gasteiger partial charge in [0, 0.05) is 29.3 Å². The maximum Gasteiger partial charge on any atom is 0.191 e. The van der Waals surface area contributed by atoms with E-state index in [2.05, 4.69) is 26.0 Å². The SMILES string of the molecule is I.NC(=NCc1cnn(-c2ccc(Br)cc2)c1)N1CCOCC1. The third-order valence-electron chi connectivity index (χ3n) is 3.49. The van der Waals surface area contributed by atoms with Gasteiger partial charge in [0.1, 0.15) is 0 Å². The number of hydrogen-bond acceptors (Lipinski definition) is 3. The Hall–Kier alpha value is -1.13. The zero-order valence-electron chi connectivity index (χ0n) is 12.6. The molecule has 0 amide bonds. The van der Waals surface area contributed by atoms with Gasteiger partial charge in [-0.05, 0) is 24.3 Å². The van der Waals surface area contributed by atoms with Gasteiger partial charge in [-0.15, -0.1) is 24.0 Å². The lowest BCUT2D eigenvalue weighted by atomic mass is 10.3. The molecular weight excluding hydrogens is 473 g/mol. The number of nitrogens with zero attached hydrogens (tertiary/aromatic N) is 4. The Bertz CT molecular complexity index is 652. The van der Waals surface area contributed by atoms with E-state index in [1.165, 1.54) is 0 Å². The van der Waals surface area contributed by atoms with Crippen molar-refractivity contribution >= 4 is 45.9 Å². The van der Waals surface area contributed by atoms with Crippen molar-refractivity contribution in [3.63, 3.8) is 0 Å². The lowest BCUT2D eigenvalue weighted by Gasteiger charge is -2.27. The molecule has 23 heavy (non-hydrogen) atoms. The van der Waals surface area contributed by atoms with Crippen LogP contribution in [0.25, 0.3) is 5.69 Å². The molecule has 0 atom stereocenters. The van der Waals surface area contributed by atoms with Gasteiger partial charge in [-0.1, -0.05) is 15.9 Å². The molecular formula is C15H19BrIN5O. The van der Waals surface area contributed by atoms with Crippen LogP contribution < -0.4 is 5.73 Å². The first-order valence-electron chi connectivity index (χ1n) is 7.14. The molecule has 1 aromatic carbocycles. The van der Waals surface area contributed by atoms with Gasteiger partial charge in [-0.3, -0.25) is 0 Å². The fourth-order valence-corrected chi connectivity index (χ4v) is 2.51. The zero-order valence-corrected chi connectivity index (χ0v) is 16.5. The number of nitrogens with two attached hydrogens (primary N) is 1. The smallest absolute Gasteiger partial charge is 0.191 e. The Morgan fingerprint density at radius 2 is 1.96 bits per heavy atom. The second-order valence-corrected chi connectivity index (χ2v) is 5.96. The molecule has 1 fully saturated rings. The number of hydrogen-bond donors (Lipinski definition) is 1. The van der Waals surface area contributed by atoms with Crippen LogP contribution in [0.3, 0.4) is 0 Å². The number of aromatic nitrogens is 2. The second kappa shape index (κ2) is 8.65. The van der Waals surface area contributed by atoms with Crippen LogP contribution in [0.1, 0.15) is 5.56 Å². The number of benzene rings is 1. The van der Waals surface area contributed by atoms with E-state index in [-0.39, 0.29) is 24.0 Å². The summed E-state index contributed by atoms with van der Waals surface area (Å²) in [5.74, 6) is 0.569. The Morgan fingerprint density at radius 3 is 2.65 bits per heavy atom. The number of morpholine rings is 1. The van der Waals surface area contributed by atoms with Gasteiger partial charge in [0.2, 0.25) is 0 Å². The summed E-state index contributed by atoms with van der Waals surface area (Å²) in [5, 5.41) is 4.36. The van der Waals surface area contributed by atoms with Crippen molar-refractivity contribution < 1.29 is 4.74 Å². The van der Waals surface area contributed by atoms with Crippen LogP contribution in [-0.2, 0) is 11.3 Å². The molecule has 1 saturated heterocycles. The van der Waals surface area contributed by atoms with Crippen molar-refractivity contribution in [1.82, 2.24) is 14.7 Å². The largest absolute Gasteiger partial charge is 0.378 e. The summed E-state index contributed by atoms with van der Waals surface area (Å²) in [6.45, 7) is 3.54. The van der Waals surface area contributed by atoms with E-state index in [1.54, 1.807) is 0 Å². The fraction of sp³-hybridized carbons (Fsp3) is 0.333. The van der Waals surface area contributed by atoms with Gasteiger partial charge in [0.05, 0.1) is 31.6 Å². The molecule has 0 unspecified atom stereocenters. The van der Waals surface area contributed by atoms with E-state index in [4.69, 9.17) is 10.5 Å². The third kappa shape index (κ3) is 4.92. The van der Waals surface area contributed by atoms with E-state index in [0.29, 0.717) is 25.7 Å². The Kier molecular flexibility index (Phi) is 6.85. The molecule has 0 bridgehead atoms. The van der Waals surface area contributed by atoms with Crippen molar-refractivity contribution in [3.8, 4) is 5.69 Å². The summed E-state index contributed by atoms with van der Waals surface area (Å²) >= 11 is 3.43. The van der Waals surface area contributed by atoms with Gasteiger partial charge in [0.25, 0.3) is 0 Å². The van der Waals surface area contributed by atoms with Crippen LogP contribution >= 0.6 is 39.9 Å². The maximum atomic E-state index is 6.02. The summed E-state index contributed by atoms with van der Waals surface area (Å²) in [6, 6.07) is 7.99. The highest BCUT2D eigenvalue weighted by atomic mass is 127. The highest BCUT2D eigenvalue weighted by Gasteiger charge is 2.12. The average molecular weight is 492 g/mol. The predicted octanol–water partition coefficient (Wildman–Crippen LogP) is 2.40. The average Bonchev–Trinajstić information content (AvgIpc) is 3.03. The predicted molar refractivity (Wildman–Crippen MR) is 104 cm³/mol. The molecule has 2 aromatic rings. The van der Waals surface area contributed by atoms with E-state index in [0.717, 1.165) is 28.8 Å². The van der Waals surface area contributed by atoms with Crippen molar-refractivity contribution in [2.24, 2.45) is 10.7 Å². The van der Waals surface area contributed by atoms with Crippen LogP contribution in [0.5, 0.6) is 0 Å². The molecule has 2 N–H and O–H groups in total. The van der Waals surface area contributed by atoms with E-state index >= 15 is 0 Å². The number of halogens is 2. The van der Waals surface area contributed by atoms with Crippen molar-refractivity contribution in [2.75, 3.05) is 26.3 Å². The van der Waals surface area contributed by atoms with Crippen LogP contribution in [0, 0.1) is 0 Å². The molecule has 3 rings (SSSR count). The summed E-state index contributed by atoms with van der Waals surface area (Å²) in [5.41, 5.74) is 8.06. The lowest BCUT2D eigenvalue weighted by Crippen LogP contribution is -2.44. The third-order valence-corrected chi connectivity index (χ3v) is 4.01. The number of guanidine groups is 1. The molecule has 1 aliphatic heterocycles. The molecule has 2 heterocycles. The molecule has 0 radical (unpaired) electrons. The van der Waals surface area contributed by atoms with Gasteiger partial charge >= 0.3 is 0 Å². The highest BCUT2D eigenvalue weighted by Crippen LogP contribution is 2.14. The summed E-state index contributed by atoms with van der Waals surface area (Å²) < 4.78 is 8.19. The summed E-state index contributed by atoms with van der Waals surface area (Å²) in [7, 11) is 0. The topological polar surface area (TPSA) is 68.7 Å². The minimum atomic E-state index is 0. The first-order valence-corrected chi connectivity index (χ1v) is 7.94. The lowest BCUT2D eigenvalue weighted by molar-refractivity contribution is 0.0674. The van der Waals surface area contributed by atoms with E-state index < -0.39 is 0 Å². The molecule has 8 heteroatoms. The highest BCUT2D eigenvalue weighted by molar-refractivity contribution is 14.0. The van der Waals surface area contributed by atoms with Crippen LogP contribution in [0.15, 0.2) is 46.1 Å². The van der Waals surface area contributed by atoms with Gasteiger partial charge in [0.15, 0.2) is 5.96 Å². The van der Waals surface area contributed by atoms with Crippen LogP contribution in [0.4, 0.5) is 0 Å². The van der Waals surface area contributed by atoms with E-state index in [1.807, 2.05) is 46.2 Å². The fourth-order valence-electron chi connectivity index (χ4n) is 2.24. The standard InChI is InChI=1S/C15H18BrN5O.HI/c16-13-1-3-14(4-2-13)21-11-12(10-19-21)9-18-15(17)20-5-7-22-8-6-20;/h1-4,10-11H,5-9H2,(H2,17,18);1H. The first-order chi connectivity index (χ1) is 10.7. The quantitative estimate of drug-likeness (QED) is 0.406. The minimum Gasteiger partial charge on any atom is -0.378 e. The Labute approximate surface area is 160 Å². The van der Waals surface area contributed by atoms with Crippen LogP contribution in [-0.4, -0.2) is 46.9 Å². The van der Waals surface area contributed by atoms with Gasteiger partial charge < -0.3 is 15.4 Å². The number of rotatable bonds is 3. The molecule has 6 nitrogen and oxygen atoms in total. The molecule has 124 valence electrons. The molecule has 0 spiro atoms. The van der Waals surface area contributed by atoms with Crippen molar-refractivity contribution in [2.45, 2.75) is 6.54 Å². The van der Waals surface area contributed by atoms with Crippen LogP contribution in [0.2, 0.25) is 0 Å². The van der Waals surface area contributed by atoms with Gasteiger partial charge in [-0.2, -0.15) is 5.10 Å². The zero-order chi connectivity index (χ0) is 15.4. The molecule has 0 saturated carbocycles. The first kappa shape index (κ1) is 18.2. The normalized spacial score (nSPS) is 15.3. The van der Waals surface area contributed by atoms with Gasteiger partial charge in [-0.25, -0.2) is 9.67 Å². The summed E-state index contributed by atoms with van der Waals surface area (Å²) in [6.07, 6.45) is 3.79. The number of aliphatic imine (C=N–C) groups is 1. The van der Waals surface area contributed by atoms with E-state index in [9.17, 15) is 0 Å². The number of ether oxygens (including phenoxy) is 1. The van der Waals surface area contributed by atoms with Crippen molar-refractivity contribution in [3.05, 3.63) is 46.7 Å². The molecule has 1 aliphatic rings. The summed E-state index contributed by atoms with van der Waals surface area (Å²) in [4.78, 5) is 6.49. The maximum absolute atomic E-state index is 6.02. The minimum absolute atomic E-state index is 0.